The summed E-state index contributed by atoms with van der Waals surface area (Å²) in [7, 11) is 0. The van der Waals surface area contributed by atoms with Gasteiger partial charge in [0.05, 0.1) is 5.69 Å². The average Bonchev–Trinajstić information content (AvgIpc) is 2.15. The highest BCUT2D eigenvalue weighted by atomic mass is 35.5. The smallest absolute Gasteiger partial charge is 0.265 e. The van der Waals surface area contributed by atoms with Crippen LogP contribution in [0.3, 0.4) is 0 Å². The van der Waals surface area contributed by atoms with Crippen LogP contribution in [0.1, 0.15) is 19.4 Å². The molecule has 0 bridgehead atoms. The Hall–Kier alpha value is -1.22. The lowest BCUT2D eigenvalue weighted by atomic mass is 10.0. The third-order valence-corrected chi connectivity index (χ3v) is 2.82. The maximum atomic E-state index is 11.7. The molecular formula is C12H14ClNO2. The van der Waals surface area contributed by atoms with Gasteiger partial charge in [0.1, 0.15) is 5.75 Å². The highest BCUT2D eigenvalue weighted by Gasteiger charge is 2.31. The van der Waals surface area contributed by atoms with Crippen LogP contribution in [0, 0.1) is 12.8 Å². The van der Waals surface area contributed by atoms with Crippen molar-refractivity contribution < 1.29 is 9.53 Å². The van der Waals surface area contributed by atoms with Crippen LogP contribution in [0.5, 0.6) is 5.75 Å². The third-order valence-electron chi connectivity index (χ3n) is 2.61. The second-order valence-corrected chi connectivity index (χ2v) is 4.81. The number of rotatable bonds is 1. The van der Waals surface area contributed by atoms with Gasteiger partial charge in [-0.05, 0) is 30.5 Å². The second kappa shape index (κ2) is 3.98. The molecule has 1 aromatic rings. The minimum atomic E-state index is -0.424. The van der Waals surface area contributed by atoms with E-state index in [9.17, 15) is 4.79 Å². The van der Waals surface area contributed by atoms with E-state index in [0.717, 1.165) is 11.3 Å². The van der Waals surface area contributed by atoms with Gasteiger partial charge in [-0.3, -0.25) is 4.79 Å². The van der Waals surface area contributed by atoms with Gasteiger partial charge in [-0.25, -0.2) is 0 Å². The van der Waals surface area contributed by atoms with E-state index in [2.05, 4.69) is 5.32 Å². The number of carbonyl (C=O) groups excluding carboxylic acids is 1. The summed E-state index contributed by atoms with van der Waals surface area (Å²) in [6.45, 7) is 5.83. The lowest BCUT2D eigenvalue weighted by molar-refractivity contribution is -0.125. The summed E-state index contributed by atoms with van der Waals surface area (Å²) >= 11 is 5.92. The van der Waals surface area contributed by atoms with Crippen LogP contribution in [0.2, 0.25) is 5.02 Å². The molecule has 1 unspecified atom stereocenters. The average molecular weight is 240 g/mol. The second-order valence-electron chi connectivity index (χ2n) is 4.37. The van der Waals surface area contributed by atoms with Gasteiger partial charge in [0, 0.05) is 5.02 Å². The van der Waals surface area contributed by atoms with E-state index in [1.807, 2.05) is 26.8 Å². The van der Waals surface area contributed by atoms with Crippen LogP contribution >= 0.6 is 11.6 Å². The van der Waals surface area contributed by atoms with Crippen LogP contribution in [0.25, 0.3) is 0 Å². The number of amides is 1. The molecule has 16 heavy (non-hydrogen) atoms. The first-order chi connectivity index (χ1) is 7.49. The molecular weight excluding hydrogens is 226 g/mol. The predicted octanol–water partition coefficient (Wildman–Crippen LogP) is 3.00. The number of aryl methyl sites for hydroxylation is 1. The Balaban J connectivity index is 2.43. The fourth-order valence-corrected chi connectivity index (χ4v) is 2.08. The number of benzene rings is 1. The fraction of sp³-hybridized carbons (Fsp3) is 0.417. The van der Waals surface area contributed by atoms with Gasteiger partial charge in [0.2, 0.25) is 0 Å². The van der Waals surface area contributed by atoms with Gasteiger partial charge < -0.3 is 10.1 Å². The molecule has 1 aliphatic heterocycles. The number of hydrogen-bond acceptors (Lipinski definition) is 2. The van der Waals surface area contributed by atoms with Crippen LogP contribution < -0.4 is 10.1 Å². The monoisotopic (exact) mass is 239 g/mol. The molecule has 1 aliphatic rings. The van der Waals surface area contributed by atoms with Crippen LogP contribution in [-0.2, 0) is 4.79 Å². The molecule has 4 heteroatoms. The molecule has 3 nitrogen and oxygen atoms in total. The van der Waals surface area contributed by atoms with Crippen LogP contribution in [0.4, 0.5) is 5.69 Å². The van der Waals surface area contributed by atoms with Gasteiger partial charge in [-0.1, -0.05) is 25.4 Å². The van der Waals surface area contributed by atoms with E-state index < -0.39 is 6.10 Å². The maximum absolute atomic E-state index is 11.7. The first kappa shape index (κ1) is 11.3. The minimum Gasteiger partial charge on any atom is -0.478 e. The van der Waals surface area contributed by atoms with Gasteiger partial charge in [0.15, 0.2) is 6.10 Å². The van der Waals surface area contributed by atoms with Gasteiger partial charge in [-0.2, -0.15) is 0 Å². The maximum Gasteiger partial charge on any atom is 0.265 e. The Morgan fingerprint density at radius 3 is 2.75 bits per heavy atom. The SMILES string of the molecule is Cc1cc(Cl)cc2c1OC(C(C)C)C(=O)N2. The molecule has 1 heterocycles. The normalized spacial score (nSPS) is 19.1. The molecule has 0 fully saturated rings. The molecule has 1 aromatic carbocycles. The summed E-state index contributed by atoms with van der Waals surface area (Å²) < 4.78 is 5.72. The molecule has 2 rings (SSSR count). The van der Waals surface area contributed by atoms with Crippen LogP contribution in [0.15, 0.2) is 12.1 Å². The summed E-state index contributed by atoms with van der Waals surface area (Å²) in [6, 6.07) is 3.54. The van der Waals surface area contributed by atoms with Crippen molar-refractivity contribution >= 4 is 23.2 Å². The Morgan fingerprint density at radius 2 is 2.12 bits per heavy atom. The molecule has 86 valence electrons. The summed E-state index contributed by atoms with van der Waals surface area (Å²) in [4.78, 5) is 11.7. The van der Waals surface area contributed by atoms with Crippen molar-refractivity contribution in [1.82, 2.24) is 0 Å². The van der Waals surface area contributed by atoms with E-state index in [-0.39, 0.29) is 11.8 Å². The van der Waals surface area contributed by atoms with Crippen molar-refractivity contribution in [3.8, 4) is 5.75 Å². The zero-order chi connectivity index (χ0) is 11.9. The number of halogens is 1. The molecule has 1 amide bonds. The standard InChI is InChI=1S/C12H14ClNO2/c1-6(2)10-12(15)14-9-5-8(13)4-7(3)11(9)16-10/h4-6,10H,1-3H3,(H,14,15). The van der Waals surface area contributed by atoms with E-state index >= 15 is 0 Å². The minimum absolute atomic E-state index is 0.107. The van der Waals surface area contributed by atoms with Crippen molar-refractivity contribution in [3.05, 3.63) is 22.7 Å². The Bertz CT molecular complexity index is 443. The lowest BCUT2D eigenvalue weighted by Gasteiger charge is -2.29. The van der Waals surface area contributed by atoms with Gasteiger partial charge >= 0.3 is 0 Å². The topological polar surface area (TPSA) is 38.3 Å². The molecule has 0 aliphatic carbocycles. The quantitative estimate of drug-likeness (QED) is 0.818. The number of nitrogens with one attached hydrogen (secondary N) is 1. The van der Waals surface area contributed by atoms with E-state index in [1.165, 1.54) is 0 Å². The molecule has 1 N–H and O–H groups in total. The summed E-state index contributed by atoms with van der Waals surface area (Å²) in [6.07, 6.45) is -0.424. The number of fused-ring (bicyclic) bond motifs is 1. The van der Waals surface area contributed by atoms with Crippen molar-refractivity contribution in [2.75, 3.05) is 5.32 Å². The first-order valence-electron chi connectivity index (χ1n) is 5.26. The van der Waals surface area contributed by atoms with Crippen molar-refractivity contribution in [2.24, 2.45) is 5.92 Å². The largest absolute Gasteiger partial charge is 0.478 e. The molecule has 0 aromatic heterocycles. The van der Waals surface area contributed by atoms with Gasteiger partial charge in [0.25, 0.3) is 5.91 Å². The van der Waals surface area contributed by atoms with E-state index in [4.69, 9.17) is 16.3 Å². The fourth-order valence-electron chi connectivity index (χ4n) is 1.80. The van der Waals surface area contributed by atoms with E-state index in [0.29, 0.717) is 10.7 Å². The van der Waals surface area contributed by atoms with E-state index in [1.54, 1.807) is 6.07 Å². The van der Waals surface area contributed by atoms with Crippen LogP contribution in [-0.4, -0.2) is 12.0 Å². The molecule has 0 saturated carbocycles. The molecule has 1 atom stereocenters. The molecule has 0 radical (unpaired) electrons. The lowest BCUT2D eigenvalue weighted by Crippen LogP contribution is -2.40. The third kappa shape index (κ3) is 1.87. The predicted molar refractivity (Wildman–Crippen MR) is 64.1 cm³/mol. The zero-order valence-electron chi connectivity index (χ0n) is 9.50. The molecule has 0 spiro atoms. The van der Waals surface area contributed by atoms with Crippen molar-refractivity contribution in [3.63, 3.8) is 0 Å². The number of ether oxygens (including phenoxy) is 1. The highest BCUT2D eigenvalue weighted by molar-refractivity contribution is 6.31. The molecule has 0 saturated heterocycles. The Morgan fingerprint density at radius 1 is 1.44 bits per heavy atom. The summed E-state index contributed by atoms with van der Waals surface area (Å²) in [5.41, 5.74) is 1.60. The number of anilines is 1. The summed E-state index contributed by atoms with van der Waals surface area (Å²) in [5.74, 6) is 0.759. The van der Waals surface area contributed by atoms with Crippen molar-refractivity contribution in [1.29, 1.82) is 0 Å². The number of carbonyl (C=O) groups is 1. The Labute approximate surface area is 99.7 Å². The van der Waals surface area contributed by atoms with Gasteiger partial charge in [-0.15, -0.1) is 0 Å². The summed E-state index contributed by atoms with van der Waals surface area (Å²) in [5, 5.41) is 3.42. The zero-order valence-corrected chi connectivity index (χ0v) is 10.3. The number of hydrogen-bond donors (Lipinski definition) is 1. The Kier molecular flexibility index (Phi) is 2.80. The first-order valence-corrected chi connectivity index (χ1v) is 5.64. The van der Waals surface area contributed by atoms with Crippen molar-refractivity contribution in [2.45, 2.75) is 26.9 Å². The highest BCUT2D eigenvalue weighted by Crippen LogP contribution is 2.36.